The van der Waals surface area contributed by atoms with Crippen molar-refractivity contribution in [2.24, 2.45) is 4.40 Å². The Morgan fingerprint density at radius 3 is 2.67 bits per heavy atom. The Hall–Kier alpha value is -0.930. The van der Waals surface area contributed by atoms with Gasteiger partial charge in [-0.15, -0.1) is 4.40 Å². The van der Waals surface area contributed by atoms with Crippen LogP contribution in [0, 0.1) is 10.4 Å². The number of sulfonamides is 1. The van der Waals surface area contributed by atoms with Gasteiger partial charge in [0.25, 0.3) is 10.0 Å². The van der Waals surface area contributed by atoms with E-state index in [1.54, 1.807) is 6.07 Å². The van der Waals surface area contributed by atoms with Crippen molar-refractivity contribution in [3.8, 4) is 0 Å². The van der Waals surface area contributed by atoms with E-state index in [9.17, 15) is 18.8 Å². The molecule has 0 saturated heterocycles. The van der Waals surface area contributed by atoms with Gasteiger partial charge < -0.3 is 10.4 Å². The van der Waals surface area contributed by atoms with E-state index in [1.165, 1.54) is 18.2 Å². The minimum atomic E-state index is -3.92. The second kappa shape index (κ2) is 3.29. The average molecular weight is 245 g/mol. The maximum absolute atomic E-state index is 11.5. The lowest BCUT2D eigenvalue weighted by Gasteiger charge is -2.37. The molecule has 1 aliphatic heterocycles. The van der Waals surface area contributed by atoms with Gasteiger partial charge in [-0.3, -0.25) is 4.21 Å². The highest BCUT2D eigenvalue weighted by Gasteiger charge is 2.25. The van der Waals surface area contributed by atoms with Gasteiger partial charge in [-0.05, 0) is 12.1 Å². The lowest BCUT2D eigenvalue weighted by Crippen LogP contribution is -2.23. The number of rotatable bonds is 0. The number of benzene rings is 1. The van der Waals surface area contributed by atoms with Gasteiger partial charge in [0, 0.05) is 0 Å². The molecule has 6 nitrogen and oxygen atoms in total. The molecular formula is C7H5N2O4S2-. The number of hydrogen-bond donors (Lipinski definition) is 0. The molecule has 0 N–H and O–H groups in total. The Bertz CT molecular complexity index is 524. The van der Waals surface area contributed by atoms with Gasteiger partial charge in [-0.1, -0.05) is 12.1 Å². The highest BCUT2D eigenvalue weighted by molar-refractivity contribution is 7.96. The van der Waals surface area contributed by atoms with Crippen LogP contribution in [-0.2, 0) is 10.0 Å². The van der Waals surface area contributed by atoms with Crippen molar-refractivity contribution in [3.63, 3.8) is 0 Å². The van der Waals surface area contributed by atoms with Crippen LogP contribution in [0.2, 0.25) is 0 Å². The SMILES string of the molecule is O=S1(=O)N=C[N+]([O-])([O-])Sc2ccccc21. The molecule has 15 heavy (non-hydrogen) atoms. The molecule has 0 amide bonds. The number of quaternary nitrogens is 1. The smallest absolute Gasteiger partial charge is 0.288 e. The fourth-order valence-electron chi connectivity index (χ4n) is 1.08. The van der Waals surface area contributed by atoms with Crippen molar-refractivity contribution in [2.45, 2.75) is 9.79 Å². The highest BCUT2D eigenvalue weighted by Crippen LogP contribution is 2.35. The first-order valence-corrected chi connectivity index (χ1v) is 6.03. The molecule has 0 unspecified atom stereocenters. The Labute approximate surface area is 90.2 Å². The second-order valence-corrected chi connectivity index (χ2v) is 5.51. The Morgan fingerprint density at radius 2 is 1.93 bits per heavy atom. The first-order valence-electron chi connectivity index (χ1n) is 3.82. The minimum Gasteiger partial charge on any atom is -0.613 e. The quantitative estimate of drug-likeness (QED) is 0.389. The van der Waals surface area contributed by atoms with Crippen LogP contribution in [0.3, 0.4) is 0 Å². The second-order valence-electron chi connectivity index (χ2n) is 2.77. The van der Waals surface area contributed by atoms with E-state index in [4.69, 9.17) is 0 Å². The molecule has 2 rings (SSSR count). The van der Waals surface area contributed by atoms with Gasteiger partial charge in [0.2, 0.25) is 6.34 Å². The maximum atomic E-state index is 11.5. The Morgan fingerprint density at radius 1 is 1.27 bits per heavy atom. The first-order chi connectivity index (χ1) is 6.91. The third-order valence-corrected chi connectivity index (χ3v) is 3.99. The molecule has 8 heteroatoms. The number of fused-ring (bicyclic) bond motifs is 1. The van der Waals surface area contributed by atoms with Gasteiger partial charge in [0.1, 0.15) is 16.8 Å². The fourth-order valence-corrected chi connectivity index (χ4v) is 3.16. The van der Waals surface area contributed by atoms with Crippen LogP contribution in [0.15, 0.2) is 38.5 Å². The zero-order valence-electron chi connectivity index (χ0n) is 7.23. The normalized spacial score (nSPS) is 21.7. The molecule has 0 saturated carbocycles. The maximum Gasteiger partial charge on any atom is 0.288 e. The summed E-state index contributed by atoms with van der Waals surface area (Å²) >= 11 is 0.335. The van der Waals surface area contributed by atoms with Crippen molar-refractivity contribution in [3.05, 3.63) is 34.7 Å². The lowest BCUT2D eigenvalue weighted by atomic mass is 10.4. The number of nitrogens with zero attached hydrogens (tertiary/aromatic N) is 2. The summed E-state index contributed by atoms with van der Waals surface area (Å²) in [5, 5.41) is 22.2. The van der Waals surface area contributed by atoms with E-state index in [-0.39, 0.29) is 9.79 Å². The van der Waals surface area contributed by atoms with Gasteiger partial charge in [0.05, 0.1) is 4.90 Å². The van der Waals surface area contributed by atoms with E-state index >= 15 is 0 Å². The summed E-state index contributed by atoms with van der Waals surface area (Å²) in [4.78, 5) is -0.00190. The number of hydroxylamine groups is 2. The van der Waals surface area contributed by atoms with Crippen LogP contribution in [-0.4, -0.2) is 19.0 Å². The molecule has 80 valence electrons. The molecule has 1 aromatic rings. The van der Waals surface area contributed by atoms with Crippen molar-refractivity contribution in [1.29, 1.82) is 0 Å². The van der Waals surface area contributed by atoms with Crippen molar-refractivity contribution in [1.82, 2.24) is 0 Å². The molecule has 1 aromatic carbocycles. The van der Waals surface area contributed by atoms with E-state index in [0.717, 1.165) is 0 Å². The van der Waals surface area contributed by atoms with Crippen molar-refractivity contribution < 1.29 is 12.6 Å². The molecule has 0 aliphatic carbocycles. The number of hydrogen-bond acceptors (Lipinski definition) is 5. The molecule has 0 bridgehead atoms. The van der Waals surface area contributed by atoms with Gasteiger partial charge in [-0.25, -0.2) is 0 Å². The molecule has 0 radical (unpaired) electrons. The zero-order valence-corrected chi connectivity index (χ0v) is 8.86. The third kappa shape index (κ3) is 2.03. The summed E-state index contributed by atoms with van der Waals surface area (Å²) in [5.41, 5.74) is 0. The Balaban J connectivity index is 2.70. The monoisotopic (exact) mass is 245 g/mol. The fraction of sp³-hybridized carbons (Fsp3) is 0. The van der Waals surface area contributed by atoms with Crippen LogP contribution < -0.4 is 0 Å². The lowest BCUT2D eigenvalue weighted by molar-refractivity contribution is -0.562. The summed E-state index contributed by atoms with van der Waals surface area (Å²) in [5.74, 6) is 0. The summed E-state index contributed by atoms with van der Waals surface area (Å²) in [6.45, 7) is 0. The van der Waals surface area contributed by atoms with Gasteiger partial charge >= 0.3 is 0 Å². The highest BCUT2D eigenvalue weighted by atomic mass is 32.2. The predicted molar refractivity (Wildman–Crippen MR) is 55.0 cm³/mol. The summed E-state index contributed by atoms with van der Waals surface area (Å²) in [6, 6.07) is 5.75. The summed E-state index contributed by atoms with van der Waals surface area (Å²) in [6.07, 6.45) is 0.319. The van der Waals surface area contributed by atoms with Crippen LogP contribution in [0.4, 0.5) is 0 Å². The van der Waals surface area contributed by atoms with Crippen molar-refractivity contribution in [2.75, 3.05) is 0 Å². The molecule has 0 fully saturated rings. The van der Waals surface area contributed by atoms with Gasteiger partial charge in [-0.2, -0.15) is 8.42 Å². The standard InChI is InChI=1S/C7H5N2O4S2/c10-9(11)5-8-15(12,13)7-4-2-1-3-6(7)14-9/h1-5H/q-1. The minimum absolute atomic E-state index is 0.111. The molecule has 1 aliphatic rings. The van der Waals surface area contributed by atoms with E-state index in [0.29, 0.717) is 18.3 Å². The largest absolute Gasteiger partial charge is 0.613 e. The third-order valence-electron chi connectivity index (χ3n) is 1.68. The van der Waals surface area contributed by atoms with Crippen LogP contribution >= 0.6 is 11.9 Å². The predicted octanol–water partition coefficient (Wildman–Crippen LogP) is 1.24. The topological polar surface area (TPSA) is 92.6 Å². The molecule has 0 atom stereocenters. The van der Waals surface area contributed by atoms with E-state index < -0.39 is 14.2 Å². The molecule has 0 aromatic heterocycles. The summed E-state index contributed by atoms with van der Waals surface area (Å²) in [7, 11) is -3.92. The van der Waals surface area contributed by atoms with Crippen LogP contribution in [0.5, 0.6) is 0 Å². The molecule has 0 spiro atoms. The zero-order chi connectivity index (χ0) is 11.1. The summed E-state index contributed by atoms with van der Waals surface area (Å²) < 4.78 is 23.8. The van der Waals surface area contributed by atoms with Crippen molar-refractivity contribution >= 4 is 28.3 Å². The Kier molecular flexibility index (Phi) is 2.32. The average Bonchev–Trinajstić information content (AvgIpc) is 2.23. The van der Waals surface area contributed by atoms with Crippen LogP contribution in [0.25, 0.3) is 0 Å². The van der Waals surface area contributed by atoms with E-state index in [1.807, 2.05) is 0 Å². The van der Waals surface area contributed by atoms with Gasteiger partial charge in [0.15, 0.2) is 0 Å². The molecule has 1 heterocycles. The van der Waals surface area contributed by atoms with E-state index in [2.05, 4.69) is 4.40 Å². The van der Waals surface area contributed by atoms with Crippen LogP contribution in [0.1, 0.15) is 0 Å². The first kappa shape index (κ1) is 10.6. The molecular weight excluding hydrogens is 240 g/mol.